The summed E-state index contributed by atoms with van der Waals surface area (Å²) in [6.07, 6.45) is -0.199. The van der Waals surface area contributed by atoms with Crippen LogP contribution in [0.5, 0.6) is 0 Å². The minimum atomic E-state index is -1.10. The van der Waals surface area contributed by atoms with Gasteiger partial charge in [0.2, 0.25) is 5.91 Å². The van der Waals surface area contributed by atoms with Crippen molar-refractivity contribution in [1.29, 1.82) is 0 Å². The molecule has 52 valence electrons. The first-order valence-electron chi connectivity index (χ1n) is 2.38. The standard InChI is InChI=1S/C4H8N2O3/c5-2(4(8)9)1-3(6)7/h2H,1,5H2,(H2,6,7)(H,8,9)/p+1. The molecule has 0 heterocycles. The Morgan fingerprint density at radius 3 is 2.22 bits per heavy atom. The summed E-state index contributed by atoms with van der Waals surface area (Å²) in [7, 11) is 0. The summed E-state index contributed by atoms with van der Waals surface area (Å²) in [4.78, 5) is 20.0. The number of primary amides is 1. The van der Waals surface area contributed by atoms with E-state index in [2.05, 4.69) is 11.5 Å². The molecule has 9 heavy (non-hydrogen) atoms. The molecule has 0 aromatic heterocycles. The van der Waals surface area contributed by atoms with Crippen LogP contribution < -0.4 is 11.5 Å². The van der Waals surface area contributed by atoms with Crippen molar-refractivity contribution in [3.05, 3.63) is 0 Å². The first kappa shape index (κ1) is 7.90. The monoisotopic (exact) mass is 133 g/mol. The van der Waals surface area contributed by atoms with Crippen LogP contribution in [0.2, 0.25) is 0 Å². The van der Waals surface area contributed by atoms with E-state index in [1.807, 2.05) is 0 Å². The van der Waals surface area contributed by atoms with Crippen LogP contribution in [-0.2, 0) is 9.59 Å². The average Bonchev–Trinajstić information content (AvgIpc) is 1.63. The molecule has 1 unspecified atom stereocenters. The molecule has 0 aromatic rings. The molecule has 0 rings (SSSR count). The van der Waals surface area contributed by atoms with Gasteiger partial charge < -0.3 is 16.6 Å². The second-order valence-corrected chi connectivity index (χ2v) is 1.71. The normalized spacial score (nSPS) is 12.6. The highest BCUT2D eigenvalue weighted by molar-refractivity contribution is 5.81. The van der Waals surface area contributed by atoms with Gasteiger partial charge in [-0.05, 0) is 0 Å². The highest BCUT2D eigenvalue weighted by Crippen LogP contribution is 1.81. The lowest BCUT2D eigenvalue weighted by Crippen LogP contribution is -2.65. The second-order valence-electron chi connectivity index (χ2n) is 1.71. The molecule has 0 aliphatic rings. The largest absolute Gasteiger partial charge is 0.477 e. The molecular formula is C4H9N2O3+. The van der Waals surface area contributed by atoms with Crippen LogP contribution in [0.15, 0.2) is 0 Å². The van der Waals surface area contributed by atoms with Crippen molar-refractivity contribution in [2.45, 2.75) is 12.5 Å². The maximum atomic E-state index is 10.0. The lowest BCUT2D eigenvalue weighted by molar-refractivity contribution is -0.406. The van der Waals surface area contributed by atoms with E-state index in [-0.39, 0.29) is 6.42 Å². The van der Waals surface area contributed by atoms with Gasteiger partial charge in [0, 0.05) is 0 Å². The Balaban J connectivity index is 3.63. The Hall–Kier alpha value is -1.10. The van der Waals surface area contributed by atoms with Crippen molar-refractivity contribution in [2.24, 2.45) is 5.73 Å². The first-order chi connectivity index (χ1) is 4.04. The van der Waals surface area contributed by atoms with Crippen molar-refractivity contribution in [2.75, 3.05) is 0 Å². The molecule has 0 aliphatic heterocycles. The molecule has 0 fully saturated rings. The number of amides is 1. The minimum Gasteiger partial charge on any atom is -0.477 e. The molecule has 0 spiro atoms. The highest BCUT2D eigenvalue weighted by Gasteiger charge is 2.17. The Labute approximate surface area is 51.6 Å². The number of hydrogen-bond acceptors (Lipinski definition) is 2. The predicted octanol–water partition coefficient (Wildman–Crippen LogP) is -2.44. The highest BCUT2D eigenvalue weighted by atomic mass is 16.4. The molecule has 5 heteroatoms. The van der Waals surface area contributed by atoms with Crippen LogP contribution in [0, 0.1) is 0 Å². The third-order valence-corrected chi connectivity index (χ3v) is 0.797. The Kier molecular flexibility index (Phi) is 2.66. The van der Waals surface area contributed by atoms with Crippen LogP contribution in [0.1, 0.15) is 6.42 Å². The van der Waals surface area contributed by atoms with Gasteiger partial charge in [-0.25, -0.2) is 4.79 Å². The SMILES string of the molecule is NC(=O)CC([NH3+])C(=O)O. The van der Waals surface area contributed by atoms with Crippen molar-refractivity contribution < 1.29 is 20.4 Å². The number of aliphatic carboxylic acids is 1. The summed E-state index contributed by atoms with van der Waals surface area (Å²) < 4.78 is 0. The van der Waals surface area contributed by atoms with Crippen LogP contribution in [0.4, 0.5) is 0 Å². The molecule has 1 atom stereocenters. The summed E-state index contributed by atoms with van der Waals surface area (Å²) >= 11 is 0. The zero-order valence-corrected chi connectivity index (χ0v) is 4.83. The molecule has 0 saturated carbocycles. The minimum absolute atomic E-state index is 0.199. The molecule has 0 radical (unpaired) electrons. The fraction of sp³-hybridized carbons (Fsp3) is 0.500. The average molecular weight is 133 g/mol. The lowest BCUT2D eigenvalue weighted by Gasteiger charge is -1.96. The van der Waals surface area contributed by atoms with Crippen LogP contribution in [-0.4, -0.2) is 23.0 Å². The van der Waals surface area contributed by atoms with Gasteiger partial charge in [0.05, 0.1) is 6.42 Å². The number of carbonyl (C=O) groups excluding carboxylic acids is 1. The van der Waals surface area contributed by atoms with Crippen molar-refractivity contribution in [3.8, 4) is 0 Å². The second kappa shape index (κ2) is 3.03. The topological polar surface area (TPSA) is 108 Å². The maximum absolute atomic E-state index is 10.0. The van der Waals surface area contributed by atoms with E-state index in [1.165, 1.54) is 0 Å². The predicted molar refractivity (Wildman–Crippen MR) is 28.1 cm³/mol. The lowest BCUT2D eigenvalue weighted by atomic mass is 10.2. The van der Waals surface area contributed by atoms with E-state index in [9.17, 15) is 9.59 Å². The summed E-state index contributed by atoms with van der Waals surface area (Å²) in [6, 6.07) is -0.914. The van der Waals surface area contributed by atoms with Gasteiger partial charge in [0.1, 0.15) is 0 Å². The van der Waals surface area contributed by atoms with Gasteiger partial charge in [-0.1, -0.05) is 0 Å². The Morgan fingerprint density at radius 1 is 1.67 bits per heavy atom. The van der Waals surface area contributed by atoms with Crippen molar-refractivity contribution in [1.82, 2.24) is 0 Å². The van der Waals surface area contributed by atoms with E-state index in [4.69, 9.17) is 5.11 Å². The van der Waals surface area contributed by atoms with Crippen LogP contribution >= 0.6 is 0 Å². The van der Waals surface area contributed by atoms with E-state index >= 15 is 0 Å². The Bertz CT molecular complexity index is 134. The maximum Gasteiger partial charge on any atom is 0.362 e. The Morgan fingerprint density at radius 2 is 2.11 bits per heavy atom. The third kappa shape index (κ3) is 3.48. The van der Waals surface area contributed by atoms with Crippen molar-refractivity contribution in [3.63, 3.8) is 0 Å². The fourth-order valence-electron chi connectivity index (χ4n) is 0.330. The fourth-order valence-corrected chi connectivity index (χ4v) is 0.330. The number of quaternary nitrogens is 1. The van der Waals surface area contributed by atoms with E-state index in [0.29, 0.717) is 0 Å². The molecule has 0 aliphatic carbocycles. The van der Waals surface area contributed by atoms with Gasteiger partial charge in [-0.15, -0.1) is 0 Å². The van der Waals surface area contributed by atoms with Gasteiger partial charge in [-0.3, -0.25) is 4.79 Å². The quantitative estimate of drug-likeness (QED) is 0.398. The molecule has 6 N–H and O–H groups in total. The summed E-state index contributed by atoms with van der Waals surface area (Å²) in [5, 5.41) is 8.16. The molecule has 1 amide bonds. The molecule has 0 saturated heterocycles. The van der Waals surface area contributed by atoms with Crippen LogP contribution in [0.25, 0.3) is 0 Å². The van der Waals surface area contributed by atoms with Gasteiger partial charge in [-0.2, -0.15) is 0 Å². The number of carboxylic acid groups (broad SMARTS) is 1. The summed E-state index contributed by atoms with van der Waals surface area (Å²) in [5.74, 6) is -1.74. The zero-order valence-electron chi connectivity index (χ0n) is 4.83. The van der Waals surface area contributed by atoms with Crippen molar-refractivity contribution >= 4 is 11.9 Å². The summed E-state index contributed by atoms with van der Waals surface area (Å²) in [6.45, 7) is 0. The number of nitrogens with two attached hydrogens (primary N) is 1. The summed E-state index contributed by atoms with van der Waals surface area (Å²) in [5.41, 5.74) is 7.87. The zero-order chi connectivity index (χ0) is 7.44. The molecular weight excluding hydrogens is 124 g/mol. The van der Waals surface area contributed by atoms with Crippen LogP contribution in [0.3, 0.4) is 0 Å². The first-order valence-corrected chi connectivity index (χ1v) is 2.38. The van der Waals surface area contributed by atoms with Gasteiger partial charge in [0.15, 0.2) is 6.04 Å². The smallest absolute Gasteiger partial charge is 0.362 e. The third-order valence-electron chi connectivity index (χ3n) is 0.797. The number of hydrogen-bond donors (Lipinski definition) is 3. The number of carboxylic acids is 1. The number of carbonyl (C=O) groups is 2. The van der Waals surface area contributed by atoms with E-state index < -0.39 is 17.9 Å². The van der Waals surface area contributed by atoms with Gasteiger partial charge in [0.25, 0.3) is 0 Å². The van der Waals surface area contributed by atoms with Gasteiger partial charge >= 0.3 is 5.97 Å². The molecule has 0 bridgehead atoms. The number of rotatable bonds is 3. The molecule has 5 nitrogen and oxygen atoms in total. The van der Waals surface area contributed by atoms with E-state index in [0.717, 1.165) is 0 Å². The molecule has 0 aromatic carbocycles. The van der Waals surface area contributed by atoms with E-state index in [1.54, 1.807) is 0 Å².